The largest absolute Gasteiger partial charge is 0.493 e. The number of hydrogen-bond donors (Lipinski definition) is 0. The van der Waals surface area contributed by atoms with Gasteiger partial charge in [0.25, 0.3) is 0 Å². The Morgan fingerprint density at radius 3 is 2.56 bits per heavy atom. The van der Waals surface area contributed by atoms with E-state index in [1.165, 1.54) is 5.56 Å². The molecule has 0 unspecified atom stereocenters. The highest BCUT2D eigenvalue weighted by atomic mass is 79.9. The van der Waals surface area contributed by atoms with Gasteiger partial charge in [-0.25, -0.2) is 0 Å². The van der Waals surface area contributed by atoms with Crippen LogP contribution in [0.15, 0.2) is 18.2 Å². The zero-order chi connectivity index (χ0) is 13.0. The molecule has 0 bridgehead atoms. The third kappa shape index (κ3) is 2.98. The third-order valence-electron chi connectivity index (χ3n) is 3.42. The lowest BCUT2D eigenvalue weighted by Crippen LogP contribution is -2.25. The lowest BCUT2D eigenvalue weighted by atomic mass is 9.91. The summed E-state index contributed by atoms with van der Waals surface area (Å²) in [6.45, 7) is 0.783. The summed E-state index contributed by atoms with van der Waals surface area (Å²) in [4.78, 5) is 0. The van der Waals surface area contributed by atoms with Crippen molar-refractivity contribution in [2.75, 3.05) is 26.2 Å². The molecule has 2 atom stereocenters. The number of rotatable bonds is 4. The van der Waals surface area contributed by atoms with Gasteiger partial charge in [0.1, 0.15) is 0 Å². The van der Waals surface area contributed by atoms with Crippen molar-refractivity contribution >= 4 is 15.9 Å². The summed E-state index contributed by atoms with van der Waals surface area (Å²) < 4.78 is 16.4. The maximum atomic E-state index is 5.81. The fourth-order valence-electron chi connectivity index (χ4n) is 2.30. The summed E-state index contributed by atoms with van der Waals surface area (Å²) >= 11 is 3.47. The minimum atomic E-state index is 0.362. The molecule has 0 amide bonds. The summed E-state index contributed by atoms with van der Waals surface area (Å²) in [5, 5.41) is 0.922. The number of benzene rings is 1. The van der Waals surface area contributed by atoms with Crippen LogP contribution in [-0.2, 0) is 4.74 Å². The molecule has 0 spiro atoms. The average Bonchev–Trinajstić information content (AvgIpc) is 2.46. The first-order valence-electron chi connectivity index (χ1n) is 6.18. The zero-order valence-electron chi connectivity index (χ0n) is 10.8. The summed E-state index contributed by atoms with van der Waals surface area (Å²) in [5.74, 6) is 2.02. The minimum Gasteiger partial charge on any atom is -0.493 e. The molecule has 0 aromatic heterocycles. The molecule has 100 valence electrons. The molecule has 2 rings (SSSR count). The van der Waals surface area contributed by atoms with Crippen molar-refractivity contribution in [3.8, 4) is 11.5 Å². The highest BCUT2D eigenvalue weighted by molar-refractivity contribution is 9.09. The fourth-order valence-corrected chi connectivity index (χ4v) is 2.81. The molecule has 1 fully saturated rings. The average molecular weight is 315 g/mol. The van der Waals surface area contributed by atoms with Crippen molar-refractivity contribution in [1.82, 2.24) is 0 Å². The van der Waals surface area contributed by atoms with Gasteiger partial charge in [0.2, 0.25) is 0 Å². The topological polar surface area (TPSA) is 27.7 Å². The molecule has 0 radical (unpaired) electrons. The molecule has 1 aliphatic rings. The molecule has 0 saturated carbocycles. The quantitative estimate of drug-likeness (QED) is 0.798. The molecule has 0 N–H and O–H groups in total. The molecule has 1 aliphatic heterocycles. The Hall–Kier alpha value is -0.740. The smallest absolute Gasteiger partial charge is 0.160 e. The normalized spacial score (nSPS) is 23.7. The van der Waals surface area contributed by atoms with Crippen LogP contribution >= 0.6 is 15.9 Å². The van der Waals surface area contributed by atoms with Gasteiger partial charge in [-0.2, -0.15) is 0 Å². The molecule has 18 heavy (non-hydrogen) atoms. The first-order valence-corrected chi connectivity index (χ1v) is 7.30. The fraction of sp³-hybridized carbons (Fsp3) is 0.571. The Balaban J connectivity index is 2.09. The van der Waals surface area contributed by atoms with Gasteiger partial charge in [-0.15, -0.1) is 0 Å². The van der Waals surface area contributed by atoms with E-state index in [0.717, 1.165) is 36.3 Å². The van der Waals surface area contributed by atoms with Crippen molar-refractivity contribution in [2.24, 2.45) is 0 Å². The second kappa shape index (κ2) is 6.43. The van der Waals surface area contributed by atoms with Crippen LogP contribution in [0.3, 0.4) is 0 Å². The van der Waals surface area contributed by atoms with Crippen molar-refractivity contribution in [1.29, 1.82) is 0 Å². The van der Waals surface area contributed by atoms with Gasteiger partial charge in [-0.1, -0.05) is 22.0 Å². The van der Waals surface area contributed by atoms with Gasteiger partial charge < -0.3 is 14.2 Å². The van der Waals surface area contributed by atoms with Crippen molar-refractivity contribution in [2.45, 2.75) is 24.9 Å². The monoisotopic (exact) mass is 314 g/mol. The van der Waals surface area contributed by atoms with Gasteiger partial charge in [-0.3, -0.25) is 0 Å². The van der Waals surface area contributed by atoms with Crippen molar-refractivity contribution in [3.05, 3.63) is 23.8 Å². The van der Waals surface area contributed by atoms with Crippen LogP contribution in [0, 0.1) is 0 Å². The van der Waals surface area contributed by atoms with Crippen LogP contribution in [0.4, 0.5) is 0 Å². The number of methoxy groups -OCH3 is 2. The third-order valence-corrected chi connectivity index (χ3v) is 4.14. The molecule has 4 heteroatoms. The minimum absolute atomic E-state index is 0.362. The van der Waals surface area contributed by atoms with E-state index >= 15 is 0 Å². The SMILES string of the molecule is COc1ccc([C@H]2CC[C@@H](CBr)OC2)cc1OC. The van der Waals surface area contributed by atoms with E-state index in [-0.39, 0.29) is 0 Å². The highest BCUT2D eigenvalue weighted by Gasteiger charge is 2.23. The molecule has 1 heterocycles. The first-order chi connectivity index (χ1) is 8.78. The molecule has 1 saturated heterocycles. The molecule has 3 nitrogen and oxygen atoms in total. The van der Waals surface area contributed by atoms with E-state index in [0.29, 0.717) is 12.0 Å². The summed E-state index contributed by atoms with van der Waals surface area (Å²) in [5.41, 5.74) is 1.26. The Labute approximate surface area is 117 Å². The molecular formula is C14H19BrO3. The summed E-state index contributed by atoms with van der Waals surface area (Å²) in [6, 6.07) is 6.12. The number of hydrogen-bond acceptors (Lipinski definition) is 3. The van der Waals surface area contributed by atoms with E-state index in [9.17, 15) is 0 Å². The van der Waals surface area contributed by atoms with E-state index in [1.54, 1.807) is 14.2 Å². The van der Waals surface area contributed by atoms with Crippen molar-refractivity contribution in [3.63, 3.8) is 0 Å². The number of ether oxygens (including phenoxy) is 3. The lowest BCUT2D eigenvalue weighted by Gasteiger charge is -2.28. The van der Waals surface area contributed by atoms with Gasteiger partial charge in [-0.05, 0) is 30.5 Å². The summed E-state index contributed by atoms with van der Waals surface area (Å²) in [6.07, 6.45) is 2.62. The van der Waals surface area contributed by atoms with Crippen LogP contribution < -0.4 is 9.47 Å². The maximum Gasteiger partial charge on any atom is 0.160 e. The maximum absolute atomic E-state index is 5.81. The number of halogens is 1. The zero-order valence-corrected chi connectivity index (χ0v) is 12.4. The van der Waals surface area contributed by atoms with Crippen LogP contribution in [0.5, 0.6) is 11.5 Å². The van der Waals surface area contributed by atoms with Crippen LogP contribution in [0.2, 0.25) is 0 Å². The van der Waals surface area contributed by atoms with Crippen LogP contribution in [0.1, 0.15) is 24.3 Å². The standard InChI is InChI=1S/C14H19BrO3/c1-16-13-6-4-10(7-14(13)17-2)11-3-5-12(8-15)18-9-11/h4,6-7,11-12H,3,5,8-9H2,1-2H3/t11-,12-/m0/s1. The number of alkyl halides is 1. The van der Waals surface area contributed by atoms with Gasteiger partial charge in [0.05, 0.1) is 26.9 Å². The molecule has 1 aromatic carbocycles. The molecule has 0 aliphatic carbocycles. The van der Waals surface area contributed by atoms with E-state index in [2.05, 4.69) is 28.1 Å². The van der Waals surface area contributed by atoms with Crippen molar-refractivity contribution < 1.29 is 14.2 Å². The van der Waals surface area contributed by atoms with E-state index in [4.69, 9.17) is 14.2 Å². The molecular weight excluding hydrogens is 296 g/mol. The van der Waals surface area contributed by atoms with E-state index < -0.39 is 0 Å². The summed E-state index contributed by atoms with van der Waals surface area (Å²) in [7, 11) is 3.32. The van der Waals surface area contributed by atoms with Crippen LogP contribution in [0.25, 0.3) is 0 Å². The highest BCUT2D eigenvalue weighted by Crippen LogP contribution is 2.34. The van der Waals surface area contributed by atoms with Gasteiger partial charge in [0.15, 0.2) is 11.5 Å². The Bertz CT molecular complexity index is 387. The van der Waals surface area contributed by atoms with Crippen LogP contribution in [-0.4, -0.2) is 32.3 Å². The Morgan fingerprint density at radius 2 is 2.00 bits per heavy atom. The second-order valence-electron chi connectivity index (χ2n) is 4.50. The van der Waals surface area contributed by atoms with E-state index in [1.807, 2.05) is 6.07 Å². The Kier molecular flexibility index (Phi) is 4.89. The first kappa shape index (κ1) is 13.7. The van der Waals surface area contributed by atoms with Gasteiger partial charge >= 0.3 is 0 Å². The van der Waals surface area contributed by atoms with Gasteiger partial charge in [0, 0.05) is 11.2 Å². The molecule has 1 aromatic rings. The lowest BCUT2D eigenvalue weighted by molar-refractivity contribution is 0.0190. The Morgan fingerprint density at radius 1 is 1.22 bits per heavy atom. The predicted molar refractivity (Wildman–Crippen MR) is 75.1 cm³/mol. The second-order valence-corrected chi connectivity index (χ2v) is 5.15. The predicted octanol–water partition coefficient (Wildman–Crippen LogP) is 3.36.